The van der Waals surface area contributed by atoms with E-state index in [1.165, 1.54) is 11.1 Å². The maximum Gasteiger partial charge on any atom is 0.284 e. The number of nitrogens with zero attached hydrogens (tertiary/aromatic N) is 7. The summed E-state index contributed by atoms with van der Waals surface area (Å²) in [6.45, 7) is 9.19. The number of ether oxygens (including phenoxy) is 1. The van der Waals surface area contributed by atoms with E-state index in [1.54, 1.807) is 17.1 Å². The normalized spacial score (nSPS) is 19.6. The number of nitrogens with one attached hydrogen (secondary N) is 1. The number of aryl methyl sites for hydroxylation is 1. The minimum absolute atomic E-state index is 0.0389. The van der Waals surface area contributed by atoms with Gasteiger partial charge in [0.25, 0.3) is 5.89 Å². The van der Waals surface area contributed by atoms with E-state index in [2.05, 4.69) is 48.7 Å². The first-order chi connectivity index (χ1) is 19.7. The van der Waals surface area contributed by atoms with Crippen molar-refractivity contribution in [2.24, 2.45) is 7.05 Å². The summed E-state index contributed by atoms with van der Waals surface area (Å²) in [6.07, 6.45) is 7.57. The summed E-state index contributed by atoms with van der Waals surface area (Å²) in [5.74, 6) is 0.993. The zero-order valence-electron chi connectivity index (χ0n) is 24.0. The van der Waals surface area contributed by atoms with Crippen molar-refractivity contribution < 1.29 is 13.9 Å². The molecule has 3 aromatic heterocycles. The summed E-state index contributed by atoms with van der Waals surface area (Å²) in [5.41, 5.74) is 4.72. The number of anilines is 2. The van der Waals surface area contributed by atoms with Gasteiger partial charge in [-0.15, -0.1) is 10.2 Å². The van der Waals surface area contributed by atoms with Gasteiger partial charge in [-0.1, -0.05) is 32.9 Å². The van der Waals surface area contributed by atoms with Crippen molar-refractivity contribution in [3.05, 3.63) is 65.8 Å². The first-order valence-corrected chi connectivity index (χ1v) is 14.1. The predicted octanol–water partition coefficient (Wildman–Crippen LogP) is 4.65. The van der Waals surface area contributed by atoms with E-state index in [1.807, 2.05) is 40.1 Å². The summed E-state index contributed by atoms with van der Waals surface area (Å²) < 4.78 is 13.2. The van der Waals surface area contributed by atoms with Gasteiger partial charge in [0, 0.05) is 56.0 Å². The standard InChI is InChI=1S/C30H36N8O3/c1-30(2,3)28-36-35-27(41-28)26(39)14-19-8-11-38(23-9-12-40-18-23)16-21-13-20(5-6-24(19)21)25-7-10-31-29(34-25)33-22-15-32-37(4)17-22/h5-7,10,13,15,17,19,23H,8-9,11-12,14,16,18H2,1-4H3,(H,31,33,34)/t19-,23+/m0/s1. The Labute approximate surface area is 239 Å². The molecule has 1 fully saturated rings. The zero-order valence-corrected chi connectivity index (χ0v) is 24.0. The molecule has 0 amide bonds. The average molecular weight is 557 g/mol. The Morgan fingerprint density at radius 3 is 2.78 bits per heavy atom. The Morgan fingerprint density at radius 1 is 1.17 bits per heavy atom. The summed E-state index contributed by atoms with van der Waals surface area (Å²) in [7, 11) is 1.87. The highest BCUT2D eigenvalue weighted by molar-refractivity contribution is 5.92. The van der Waals surface area contributed by atoms with Gasteiger partial charge in [0.2, 0.25) is 17.6 Å². The van der Waals surface area contributed by atoms with Crippen LogP contribution in [0.15, 0.2) is 47.3 Å². The fraction of sp³-hybridized carbons (Fsp3) is 0.467. The maximum atomic E-state index is 13.3. The molecule has 0 bridgehead atoms. The molecular formula is C30H36N8O3. The van der Waals surface area contributed by atoms with Gasteiger partial charge in [-0.25, -0.2) is 9.97 Å². The molecule has 0 spiro atoms. The number of hydrogen-bond acceptors (Lipinski definition) is 10. The van der Waals surface area contributed by atoms with Crippen molar-refractivity contribution in [2.75, 3.05) is 25.1 Å². The maximum absolute atomic E-state index is 13.3. The van der Waals surface area contributed by atoms with E-state index in [0.717, 1.165) is 56.1 Å². The summed E-state index contributed by atoms with van der Waals surface area (Å²) >= 11 is 0. The van der Waals surface area contributed by atoms with Crippen molar-refractivity contribution >= 4 is 17.4 Å². The van der Waals surface area contributed by atoms with Gasteiger partial charge < -0.3 is 14.5 Å². The number of Topliss-reactive ketones (excluding diaryl/α,β-unsaturated/α-hetero) is 1. The van der Waals surface area contributed by atoms with E-state index < -0.39 is 0 Å². The Bertz CT molecular complexity index is 1530. The molecule has 2 aliphatic heterocycles. The van der Waals surface area contributed by atoms with Crippen molar-refractivity contribution in [1.82, 2.24) is 34.8 Å². The minimum Gasteiger partial charge on any atom is -0.418 e. The fourth-order valence-electron chi connectivity index (χ4n) is 5.55. The van der Waals surface area contributed by atoms with Crippen molar-refractivity contribution in [3.8, 4) is 11.3 Å². The van der Waals surface area contributed by atoms with E-state index in [4.69, 9.17) is 14.1 Å². The van der Waals surface area contributed by atoms with Crippen LogP contribution in [-0.4, -0.2) is 66.4 Å². The van der Waals surface area contributed by atoms with Gasteiger partial charge in [-0.3, -0.25) is 14.4 Å². The lowest BCUT2D eigenvalue weighted by atomic mass is 9.87. The van der Waals surface area contributed by atoms with Crippen LogP contribution >= 0.6 is 0 Å². The van der Waals surface area contributed by atoms with Gasteiger partial charge in [0.1, 0.15) is 0 Å². The number of carbonyl (C=O) groups excluding carboxylic acids is 1. The number of benzene rings is 1. The van der Waals surface area contributed by atoms with Gasteiger partial charge in [-0.2, -0.15) is 5.10 Å². The van der Waals surface area contributed by atoms with Gasteiger partial charge in [0.15, 0.2) is 0 Å². The molecule has 4 aromatic rings. The smallest absolute Gasteiger partial charge is 0.284 e. The van der Waals surface area contributed by atoms with Crippen LogP contribution in [0.4, 0.5) is 11.6 Å². The van der Waals surface area contributed by atoms with E-state index in [-0.39, 0.29) is 23.0 Å². The van der Waals surface area contributed by atoms with Crippen molar-refractivity contribution in [1.29, 1.82) is 0 Å². The molecule has 2 aliphatic rings. The quantitative estimate of drug-likeness (QED) is 0.322. The minimum atomic E-state index is -0.310. The topological polar surface area (TPSA) is 124 Å². The summed E-state index contributed by atoms with van der Waals surface area (Å²) in [6, 6.07) is 8.74. The first-order valence-electron chi connectivity index (χ1n) is 14.1. The molecule has 6 rings (SSSR count). The van der Waals surface area contributed by atoms with Crippen LogP contribution in [0.3, 0.4) is 0 Å². The second-order valence-electron chi connectivity index (χ2n) is 12.0. The molecule has 11 heteroatoms. The second kappa shape index (κ2) is 11.1. The molecule has 1 aromatic carbocycles. The molecular weight excluding hydrogens is 520 g/mol. The van der Waals surface area contributed by atoms with Crippen LogP contribution in [-0.2, 0) is 23.7 Å². The molecule has 11 nitrogen and oxygen atoms in total. The van der Waals surface area contributed by atoms with Crippen molar-refractivity contribution in [2.45, 2.75) is 64.0 Å². The first kappa shape index (κ1) is 27.2. The Kier molecular flexibility index (Phi) is 7.39. The van der Waals surface area contributed by atoms with E-state index >= 15 is 0 Å². The number of ketones is 1. The lowest BCUT2D eigenvalue weighted by molar-refractivity contribution is 0.0931. The van der Waals surface area contributed by atoms with Crippen LogP contribution in [0.5, 0.6) is 0 Å². The highest BCUT2D eigenvalue weighted by Crippen LogP contribution is 2.36. The molecule has 0 saturated carbocycles. The molecule has 1 N–H and O–H groups in total. The van der Waals surface area contributed by atoms with Gasteiger partial charge in [-0.05, 0) is 48.6 Å². The molecule has 1 saturated heterocycles. The second-order valence-corrected chi connectivity index (χ2v) is 12.0. The third-order valence-electron chi connectivity index (χ3n) is 7.79. The number of hydrogen-bond donors (Lipinski definition) is 1. The predicted molar refractivity (Wildman–Crippen MR) is 153 cm³/mol. The van der Waals surface area contributed by atoms with E-state index in [9.17, 15) is 4.79 Å². The summed E-state index contributed by atoms with van der Waals surface area (Å²) in [5, 5.41) is 15.6. The molecule has 41 heavy (non-hydrogen) atoms. The van der Waals surface area contributed by atoms with Gasteiger partial charge >= 0.3 is 0 Å². The third-order valence-corrected chi connectivity index (χ3v) is 7.79. The Balaban J connectivity index is 1.28. The lowest BCUT2D eigenvalue weighted by Gasteiger charge is -2.26. The number of fused-ring (bicyclic) bond motifs is 1. The van der Waals surface area contributed by atoms with Gasteiger partial charge in [0.05, 0.1) is 24.2 Å². The van der Waals surface area contributed by atoms with Crippen LogP contribution in [0.25, 0.3) is 11.3 Å². The highest BCUT2D eigenvalue weighted by Gasteiger charge is 2.32. The highest BCUT2D eigenvalue weighted by atomic mass is 16.5. The SMILES string of the molecule is Cn1cc(Nc2nccc(-c3ccc4c(c3)CN([C@@H]3CCOC3)CC[C@H]4CC(=O)c3nnc(C(C)(C)C)o3)n2)cn1. The molecule has 0 aliphatic carbocycles. The monoisotopic (exact) mass is 556 g/mol. The molecule has 214 valence electrons. The largest absolute Gasteiger partial charge is 0.418 e. The zero-order chi connectivity index (χ0) is 28.6. The number of carbonyl (C=O) groups is 1. The molecule has 5 heterocycles. The van der Waals surface area contributed by atoms with Crippen LogP contribution < -0.4 is 5.32 Å². The average Bonchev–Trinajstić information content (AvgIpc) is 3.71. The van der Waals surface area contributed by atoms with Crippen LogP contribution in [0, 0.1) is 0 Å². The Hall–Kier alpha value is -3.96. The third kappa shape index (κ3) is 6.06. The van der Waals surface area contributed by atoms with Crippen LogP contribution in [0.1, 0.15) is 73.7 Å². The van der Waals surface area contributed by atoms with Crippen molar-refractivity contribution in [3.63, 3.8) is 0 Å². The summed E-state index contributed by atoms with van der Waals surface area (Å²) in [4.78, 5) is 25.0. The van der Waals surface area contributed by atoms with Crippen LogP contribution in [0.2, 0.25) is 0 Å². The fourth-order valence-corrected chi connectivity index (χ4v) is 5.55. The lowest BCUT2D eigenvalue weighted by Crippen LogP contribution is -2.35. The number of rotatable bonds is 7. The van der Waals surface area contributed by atoms with E-state index in [0.29, 0.717) is 24.3 Å². The molecule has 0 radical (unpaired) electrons. The Morgan fingerprint density at radius 2 is 2.05 bits per heavy atom. The number of aromatic nitrogens is 6. The molecule has 0 unspecified atom stereocenters. The molecule has 2 atom stereocenters.